The van der Waals surface area contributed by atoms with E-state index in [2.05, 4.69) is 17.6 Å². The van der Waals surface area contributed by atoms with E-state index in [1.807, 2.05) is 6.92 Å². The lowest BCUT2D eigenvalue weighted by molar-refractivity contribution is -0.126. The summed E-state index contributed by atoms with van der Waals surface area (Å²) in [5.74, 6) is 0.689. The average molecular weight is 214 g/mol. The van der Waals surface area contributed by atoms with Crippen LogP contribution in [0.4, 0.5) is 0 Å². The summed E-state index contributed by atoms with van der Waals surface area (Å²) in [6.45, 7) is 6.01. The molecule has 0 bridgehead atoms. The molecule has 0 aromatic carbocycles. The Hall–Kier alpha value is -0.610. The highest BCUT2D eigenvalue weighted by atomic mass is 16.2. The molecule has 0 aromatic heterocycles. The monoisotopic (exact) mass is 214 g/mol. The third-order valence-electron chi connectivity index (χ3n) is 3.04. The SMILES string of the molecule is CC(CCCO)NC(=O)[C@@H]1CNC[C@H]1C. The number of amides is 1. The number of hydrogen-bond acceptors (Lipinski definition) is 3. The molecule has 0 aliphatic carbocycles. The van der Waals surface area contributed by atoms with Crippen molar-refractivity contribution in [2.75, 3.05) is 19.7 Å². The number of aliphatic hydroxyl groups is 1. The molecule has 1 saturated heterocycles. The summed E-state index contributed by atoms with van der Waals surface area (Å²) >= 11 is 0. The Balaban J connectivity index is 2.28. The van der Waals surface area contributed by atoms with Crippen molar-refractivity contribution < 1.29 is 9.90 Å². The fraction of sp³-hybridized carbons (Fsp3) is 0.909. The second-order valence-corrected chi connectivity index (χ2v) is 4.52. The van der Waals surface area contributed by atoms with E-state index in [0.717, 1.165) is 25.9 Å². The second kappa shape index (κ2) is 6.08. The van der Waals surface area contributed by atoms with Gasteiger partial charge in [0.1, 0.15) is 0 Å². The first kappa shape index (κ1) is 12.5. The van der Waals surface area contributed by atoms with Crippen LogP contribution in [0.2, 0.25) is 0 Å². The summed E-state index contributed by atoms with van der Waals surface area (Å²) in [5.41, 5.74) is 0. The molecule has 1 aliphatic heterocycles. The minimum Gasteiger partial charge on any atom is -0.396 e. The molecule has 0 spiro atoms. The van der Waals surface area contributed by atoms with E-state index in [1.165, 1.54) is 0 Å². The summed E-state index contributed by atoms with van der Waals surface area (Å²) in [6, 6.07) is 0.164. The van der Waals surface area contributed by atoms with Crippen LogP contribution >= 0.6 is 0 Å². The van der Waals surface area contributed by atoms with Crippen LogP contribution in [0.5, 0.6) is 0 Å². The lowest BCUT2D eigenvalue weighted by atomic mass is 9.97. The summed E-state index contributed by atoms with van der Waals surface area (Å²) in [4.78, 5) is 11.8. The van der Waals surface area contributed by atoms with Crippen molar-refractivity contribution in [3.05, 3.63) is 0 Å². The zero-order valence-electron chi connectivity index (χ0n) is 9.62. The summed E-state index contributed by atoms with van der Waals surface area (Å²) in [7, 11) is 0. The number of nitrogens with one attached hydrogen (secondary N) is 2. The smallest absolute Gasteiger partial charge is 0.224 e. The normalized spacial score (nSPS) is 27.7. The van der Waals surface area contributed by atoms with Gasteiger partial charge in [-0.1, -0.05) is 6.92 Å². The van der Waals surface area contributed by atoms with E-state index < -0.39 is 0 Å². The van der Waals surface area contributed by atoms with E-state index in [0.29, 0.717) is 5.92 Å². The molecule has 88 valence electrons. The largest absolute Gasteiger partial charge is 0.396 e. The minimum absolute atomic E-state index is 0.113. The highest BCUT2D eigenvalue weighted by Gasteiger charge is 2.29. The first-order valence-corrected chi connectivity index (χ1v) is 5.77. The van der Waals surface area contributed by atoms with Crippen LogP contribution in [-0.4, -0.2) is 36.8 Å². The van der Waals surface area contributed by atoms with Crippen molar-refractivity contribution in [3.63, 3.8) is 0 Å². The van der Waals surface area contributed by atoms with Gasteiger partial charge >= 0.3 is 0 Å². The Morgan fingerprint density at radius 2 is 2.33 bits per heavy atom. The van der Waals surface area contributed by atoms with Crippen molar-refractivity contribution >= 4 is 5.91 Å². The maximum absolute atomic E-state index is 11.8. The van der Waals surface area contributed by atoms with Gasteiger partial charge in [-0.25, -0.2) is 0 Å². The lowest BCUT2D eigenvalue weighted by Gasteiger charge is -2.18. The van der Waals surface area contributed by atoms with E-state index >= 15 is 0 Å². The molecule has 4 nitrogen and oxygen atoms in total. The fourth-order valence-electron chi connectivity index (χ4n) is 1.98. The number of hydrogen-bond donors (Lipinski definition) is 3. The van der Waals surface area contributed by atoms with Crippen molar-refractivity contribution in [2.45, 2.75) is 32.7 Å². The minimum atomic E-state index is 0.113. The van der Waals surface area contributed by atoms with Gasteiger partial charge in [-0.2, -0.15) is 0 Å². The van der Waals surface area contributed by atoms with E-state index in [4.69, 9.17) is 5.11 Å². The average Bonchev–Trinajstić information content (AvgIpc) is 2.61. The molecule has 0 aromatic rings. The zero-order chi connectivity index (χ0) is 11.3. The predicted molar refractivity (Wildman–Crippen MR) is 59.4 cm³/mol. The summed E-state index contributed by atoms with van der Waals surface area (Å²) in [5, 5.41) is 14.9. The number of carbonyl (C=O) groups excluding carboxylic acids is 1. The molecule has 3 N–H and O–H groups in total. The highest BCUT2D eigenvalue weighted by molar-refractivity contribution is 5.79. The predicted octanol–water partition coefficient (Wildman–Crippen LogP) is 0.119. The molecule has 1 fully saturated rings. The van der Waals surface area contributed by atoms with Crippen LogP contribution in [0.25, 0.3) is 0 Å². The van der Waals surface area contributed by atoms with Gasteiger partial charge in [0.15, 0.2) is 0 Å². The third kappa shape index (κ3) is 3.80. The van der Waals surface area contributed by atoms with Gasteiger partial charge in [-0.05, 0) is 32.2 Å². The molecule has 15 heavy (non-hydrogen) atoms. The van der Waals surface area contributed by atoms with Crippen molar-refractivity contribution in [3.8, 4) is 0 Å². The van der Waals surface area contributed by atoms with Crippen molar-refractivity contribution in [1.82, 2.24) is 10.6 Å². The van der Waals surface area contributed by atoms with Gasteiger partial charge in [0.25, 0.3) is 0 Å². The van der Waals surface area contributed by atoms with Gasteiger partial charge in [-0.15, -0.1) is 0 Å². The van der Waals surface area contributed by atoms with E-state index in [-0.39, 0.29) is 24.5 Å². The van der Waals surface area contributed by atoms with Gasteiger partial charge in [0, 0.05) is 19.2 Å². The Morgan fingerprint density at radius 1 is 1.60 bits per heavy atom. The number of carbonyl (C=O) groups is 1. The van der Waals surface area contributed by atoms with Gasteiger partial charge in [0.05, 0.1) is 5.92 Å². The molecule has 0 saturated carbocycles. The lowest BCUT2D eigenvalue weighted by Crippen LogP contribution is -2.39. The highest BCUT2D eigenvalue weighted by Crippen LogP contribution is 2.16. The maximum atomic E-state index is 11.8. The first-order valence-electron chi connectivity index (χ1n) is 5.77. The Bertz CT molecular complexity index is 209. The first-order chi connectivity index (χ1) is 7.15. The molecule has 4 heteroatoms. The zero-order valence-corrected chi connectivity index (χ0v) is 9.62. The summed E-state index contributed by atoms with van der Waals surface area (Å²) < 4.78 is 0. The number of rotatable bonds is 5. The molecule has 1 rings (SSSR count). The van der Waals surface area contributed by atoms with Gasteiger partial charge in [-0.3, -0.25) is 4.79 Å². The molecule has 3 atom stereocenters. The van der Waals surface area contributed by atoms with E-state index in [1.54, 1.807) is 0 Å². The van der Waals surface area contributed by atoms with Crippen molar-refractivity contribution in [1.29, 1.82) is 0 Å². The van der Waals surface area contributed by atoms with Crippen LogP contribution in [0.15, 0.2) is 0 Å². The quantitative estimate of drug-likeness (QED) is 0.609. The van der Waals surface area contributed by atoms with Crippen LogP contribution in [0.3, 0.4) is 0 Å². The van der Waals surface area contributed by atoms with Crippen LogP contribution < -0.4 is 10.6 Å². The molecule has 1 aliphatic rings. The Morgan fingerprint density at radius 3 is 2.87 bits per heavy atom. The third-order valence-corrected chi connectivity index (χ3v) is 3.04. The standard InChI is InChI=1S/C11H22N2O2/c1-8-6-12-7-10(8)11(15)13-9(2)4-3-5-14/h8-10,12,14H,3-7H2,1-2H3,(H,13,15)/t8-,9?,10-/m1/s1. The second-order valence-electron chi connectivity index (χ2n) is 4.52. The van der Waals surface area contributed by atoms with Crippen molar-refractivity contribution in [2.24, 2.45) is 11.8 Å². The maximum Gasteiger partial charge on any atom is 0.224 e. The van der Waals surface area contributed by atoms with Gasteiger partial charge in [0.2, 0.25) is 5.91 Å². The summed E-state index contributed by atoms with van der Waals surface area (Å²) in [6.07, 6.45) is 1.59. The van der Waals surface area contributed by atoms with Gasteiger partial charge < -0.3 is 15.7 Å². The Kier molecular flexibility index (Phi) is 5.05. The van der Waals surface area contributed by atoms with Crippen LogP contribution in [0, 0.1) is 11.8 Å². The fourth-order valence-corrected chi connectivity index (χ4v) is 1.98. The molecule has 1 heterocycles. The van der Waals surface area contributed by atoms with Crippen LogP contribution in [-0.2, 0) is 4.79 Å². The molecule has 0 radical (unpaired) electrons. The number of aliphatic hydroxyl groups excluding tert-OH is 1. The topological polar surface area (TPSA) is 61.4 Å². The molecular formula is C11H22N2O2. The molecular weight excluding hydrogens is 192 g/mol. The van der Waals surface area contributed by atoms with E-state index in [9.17, 15) is 4.79 Å². The molecule has 1 unspecified atom stereocenters. The van der Waals surface area contributed by atoms with Crippen LogP contribution in [0.1, 0.15) is 26.7 Å². The Labute approximate surface area is 91.4 Å². The molecule has 1 amide bonds.